The van der Waals surface area contributed by atoms with Gasteiger partial charge in [0.1, 0.15) is 0 Å². The highest BCUT2D eigenvalue weighted by molar-refractivity contribution is 5.97. The second kappa shape index (κ2) is 6.24. The summed E-state index contributed by atoms with van der Waals surface area (Å²) in [6, 6.07) is 13.6. The Balaban J connectivity index is 1.72. The minimum atomic E-state index is -0.716. The van der Waals surface area contributed by atoms with Crippen molar-refractivity contribution in [3.8, 4) is 22.3 Å². The molecule has 7 nitrogen and oxygen atoms in total. The van der Waals surface area contributed by atoms with E-state index < -0.39 is 11.1 Å². The number of benzene rings is 1. The first-order chi connectivity index (χ1) is 13.7. The molecule has 0 unspecified atom stereocenters. The third-order valence-electron chi connectivity index (χ3n) is 4.64. The molecular formula is C21H13N5O2. The molecule has 0 bridgehead atoms. The van der Waals surface area contributed by atoms with Crippen molar-refractivity contribution >= 4 is 22.1 Å². The molecule has 0 aliphatic carbocycles. The number of pyridine rings is 3. The maximum absolute atomic E-state index is 11.6. The van der Waals surface area contributed by atoms with Gasteiger partial charge in [-0.05, 0) is 53.1 Å². The smallest absolute Gasteiger partial charge is 0.315 e. The first kappa shape index (κ1) is 16.1. The molecule has 28 heavy (non-hydrogen) atoms. The van der Waals surface area contributed by atoms with Gasteiger partial charge in [0.2, 0.25) is 0 Å². The van der Waals surface area contributed by atoms with Crippen LogP contribution in [-0.2, 0) is 0 Å². The fraction of sp³-hybridized carbons (Fsp3) is 0. The summed E-state index contributed by atoms with van der Waals surface area (Å²) in [6.45, 7) is 0. The van der Waals surface area contributed by atoms with Gasteiger partial charge in [0.05, 0.1) is 11.0 Å². The molecule has 4 aromatic heterocycles. The molecule has 134 valence electrons. The van der Waals surface area contributed by atoms with Gasteiger partial charge in [0, 0.05) is 35.7 Å². The Bertz CT molecular complexity index is 1460. The van der Waals surface area contributed by atoms with Crippen LogP contribution in [0.25, 0.3) is 44.3 Å². The van der Waals surface area contributed by atoms with Gasteiger partial charge < -0.3 is 9.97 Å². The Hall–Kier alpha value is -4.13. The molecule has 0 saturated heterocycles. The third kappa shape index (κ3) is 2.66. The zero-order valence-electron chi connectivity index (χ0n) is 14.5. The number of aromatic amines is 2. The first-order valence-electron chi connectivity index (χ1n) is 8.61. The molecule has 2 N–H and O–H groups in total. The van der Waals surface area contributed by atoms with Crippen LogP contribution in [0.15, 0.2) is 76.8 Å². The average molecular weight is 367 g/mol. The van der Waals surface area contributed by atoms with E-state index in [0.717, 1.165) is 33.2 Å². The van der Waals surface area contributed by atoms with Crippen LogP contribution in [0.4, 0.5) is 0 Å². The normalized spacial score (nSPS) is 11.1. The molecular weight excluding hydrogens is 354 g/mol. The lowest BCUT2D eigenvalue weighted by molar-refractivity contribution is 1.11. The molecule has 7 heteroatoms. The highest BCUT2D eigenvalue weighted by Gasteiger charge is 2.09. The summed E-state index contributed by atoms with van der Waals surface area (Å²) in [5, 5.41) is 1.00. The topological polar surface area (TPSA) is 104 Å². The van der Waals surface area contributed by atoms with Crippen molar-refractivity contribution in [2.24, 2.45) is 0 Å². The molecule has 0 aliphatic rings. The van der Waals surface area contributed by atoms with Gasteiger partial charge in [-0.2, -0.15) is 0 Å². The number of rotatable bonds is 2. The summed E-state index contributed by atoms with van der Waals surface area (Å²) in [6.07, 6.45) is 6.97. The molecule has 1 aromatic carbocycles. The summed E-state index contributed by atoms with van der Waals surface area (Å²) < 4.78 is 0. The SMILES string of the molecule is O=c1[nH]c2cc(-c3ccc4nccc(-c5ccncc5)c4c3)cnc2[nH]c1=O. The maximum atomic E-state index is 11.6. The number of hydrogen-bond acceptors (Lipinski definition) is 5. The number of aromatic nitrogens is 5. The molecule has 0 aliphatic heterocycles. The van der Waals surface area contributed by atoms with Crippen LogP contribution in [0.2, 0.25) is 0 Å². The van der Waals surface area contributed by atoms with Crippen LogP contribution in [0.3, 0.4) is 0 Å². The second-order valence-electron chi connectivity index (χ2n) is 6.35. The van der Waals surface area contributed by atoms with Crippen LogP contribution >= 0.6 is 0 Å². The monoisotopic (exact) mass is 367 g/mol. The van der Waals surface area contributed by atoms with E-state index >= 15 is 0 Å². The summed E-state index contributed by atoms with van der Waals surface area (Å²) >= 11 is 0. The van der Waals surface area contributed by atoms with Crippen LogP contribution < -0.4 is 11.1 Å². The zero-order chi connectivity index (χ0) is 19.1. The van der Waals surface area contributed by atoms with E-state index in [-0.39, 0.29) is 0 Å². The van der Waals surface area contributed by atoms with Crippen molar-refractivity contribution < 1.29 is 0 Å². The van der Waals surface area contributed by atoms with E-state index in [4.69, 9.17) is 0 Å². The first-order valence-corrected chi connectivity index (χ1v) is 8.61. The van der Waals surface area contributed by atoms with E-state index in [1.54, 1.807) is 30.9 Å². The zero-order valence-corrected chi connectivity index (χ0v) is 14.5. The summed E-state index contributed by atoms with van der Waals surface area (Å²) in [7, 11) is 0. The summed E-state index contributed by atoms with van der Waals surface area (Å²) in [4.78, 5) is 40.9. The molecule has 5 rings (SSSR count). The Morgan fingerprint density at radius 3 is 2.39 bits per heavy atom. The fourth-order valence-corrected chi connectivity index (χ4v) is 3.27. The van der Waals surface area contributed by atoms with E-state index in [1.807, 2.05) is 36.4 Å². The second-order valence-corrected chi connectivity index (χ2v) is 6.35. The maximum Gasteiger partial charge on any atom is 0.315 e. The highest BCUT2D eigenvalue weighted by Crippen LogP contribution is 2.31. The van der Waals surface area contributed by atoms with Gasteiger partial charge >= 0.3 is 11.1 Å². The number of nitrogens with one attached hydrogen (secondary N) is 2. The van der Waals surface area contributed by atoms with Crippen molar-refractivity contribution in [3.05, 3.63) is 88.0 Å². The minimum Gasteiger partial charge on any atom is -0.315 e. The Kier molecular flexibility index (Phi) is 3.58. The van der Waals surface area contributed by atoms with Gasteiger partial charge in [-0.25, -0.2) is 4.98 Å². The van der Waals surface area contributed by atoms with Crippen molar-refractivity contribution in [2.75, 3.05) is 0 Å². The average Bonchev–Trinajstić information content (AvgIpc) is 2.74. The van der Waals surface area contributed by atoms with Crippen molar-refractivity contribution in [1.82, 2.24) is 24.9 Å². The highest BCUT2D eigenvalue weighted by atomic mass is 16.2. The van der Waals surface area contributed by atoms with Crippen LogP contribution in [0, 0.1) is 0 Å². The molecule has 0 fully saturated rings. The molecule has 0 atom stereocenters. The minimum absolute atomic E-state index is 0.341. The van der Waals surface area contributed by atoms with Gasteiger partial charge in [-0.15, -0.1) is 0 Å². The predicted octanol–water partition coefficient (Wildman–Crippen LogP) is 2.89. The lowest BCUT2D eigenvalue weighted by atomic mass is 9.98. The summed E-state index contributed by atoms with van der Waals surface area (Å²) in [5.74, 6) is 0. The standard InChI is InChI=1S/C21H13N5O2/c27-20-21(28)26-19-18(25-20)10-14(11-24-19)13-1-2-17-16(9-13)15(5-8-23-17)12-3-6-22-7-4-12/h1-11H,(H,25,27)(H,24,26,28). The van der Waals surface area contributed by atoms with Gasteiger partial charge in [0.15, 0.2) is 5.65 Å². The van der Waals surface area contributed by atoms with Crippen molar-refractivity contribution in [3.63, 3.8) is 0 Å². The molecule has 0 amide bonds. The number of hydrogen-bond donors (Lipinski definition) is 2. The molecule has 0 radical (unpaired) electrons. The number of nitrogens with zero attached hydrogens (tertiary/aromatic N) is 3. The molecule has 0 saturated carbocycles. The molecule has 0 spiro atoms. The van der Waals surface area contributed by atoms with Crippen molar-refractivity contribution in [2.45, 2.75) is 0 Å². The van der Waals surface area contributed by atoms with Gasteiger partial charge in [0.25, 0.3) is 0 Å². The lowest BCUT2D eigenvalue weighted by Gasteiger charge is -2.09. The van der Waals surface area contributed by atoms with Crippen molar-refractivity contribution in [1.29, 1.82) is 0 Å². The third-order valence-corrected chi connectivity index (χ3v) is 4.64. The van der Waals surface area contributed by atoms with E-state index in [1.165, 1.54) is 0 Å². The van der Waals surface area contributed by atoms with Crippen LogP contribution in [-0.4, -0.2) is 24.9 Å². The molecule has 4 heterocycles. The van der Waals surface area contributed by atoms with E-state index in [2.05, 4.69) is 24.9 Å². The Morgan fingerprint density at radius 1 is 0.714 bits per heavy atom. The number of fused-ring (bicyclic) bond motifs is 2. The van der Waals surface area contributed by atoms with Crippen LogP contribution in [0.5, 0.6) is 0 Å². The predicted molar refractivity (Wildman–Crippen MR) is 107 cm³/mol. The Morgan fingerprint density at radius 2 is 1.54 bits per heavy atom. The Labute approximate surface area is 157 Å². The summed E-state index contributed by atoms with van der Waals surface area (Å²) in [5.41, 5.74) is 4.14. The molecule has 5 aromatic rings. The quantitative estimate of drug-likeness (QED) is 0.467. The fourth-order valence-electron chi connectivity index (χ4n) is 3.27. The van der Waals surface area contributed by atoms with E-state index in [9.17, 15) is 9.59 Å². The number of H-pyrrole nitrogens is 2. The lowest BCUT2D eigenvalue weighted by Crippen LogP contribution is -2.29. The van der Waals surface area contributed by atoms with Crippen LogP contribution in [0.1, 0.15) is 0 Å². The van der Waals surface area contributed by atoms with Gasteiger partial charge in [-0.3, -0.25) is 19.6 Å². The van der Waals surface area contributed by atoms with Gasteiger partial charge in [-0.1, -0.05) is 6.07 Å². The largest absolute Gasteiger partial charge is 0.315 e. The van der Waals surface area contributed by atoms with E-state index in [0.29, 0.717) is 11.2 Å².